The topological polar surface area (TPSA) is 35.0 Å². The maximum atomic E-state index is 5.40. The van der Waals surface area contributed by atoms with E-state index >= 15 is 0 Å². The number of halogens is 1. The smallest absolute Gasteiger partial charge is 0.138 e. The molecule has 0 aliphatic carbocycles. The molecular weight excluding hydrogens is 268 g/mol. The van der Waals surface area contributed by atoms with E-state index < -0.39 is 0 Å². The first-order valence-corrected chi connectivity index (χ1v) is 5.79. The van der Waals surface area contributed by atoms with Crippen molar-refractivity contribution in [3.05, 3.63) is 41.3 Å². The van der Waals surface area contributed by atoms with E-state index in [0.717, 1.165) is 21.6 Å². The first kappa shape index (κ1) is 11.1. The average Bonchev–Trinajstić information content (AvgIpc) is 2.30. The Balaban J connectivity index is 2.36. The third-order valence-corrected chi connectivity index (χ3v) is 2.48. The molecule has 82 valence electrons. The van der Waals surface area contributed by atoms with Crippen LogP contribution < -0.4 is 4.74 Å². The molecule has 0 bridgehead atoms. The number of pyridine rings is 2. The second-order valence-corrected chi connectivity index (χ2v) is 4.00. The molecule has 0 fully saturated rings. The van der Waals surface area contributed by atoms with Crippen molar-refractivity contribution in [1.29, 1.82) is 0 Å². The number of rotatable bonds is 3. The summed E-state index contributed by atoms with van der Waals surface area (Å²) >= 11 is 3.35. The van der Waals surface area contributed by atoms with E-state index in [2.05, 4.69) is 25.9 Å². The zero-order valence-electron chi connectivity index (χ0n) is 8.85. The zero-order valence-corrected chi connectivity index (χ0v) is 10.4. The molecule has 16 heavy (non-hydrogen) atoms. The van der Waals surface area contributed by atoms with Gasteiger partial charge in [0.05, 0.1) is 18.5 Å². The van der Waals surface area contributed by atoms with Crippen molar-refractivity contribution in [1.82, 2.24) is 9.97 Å². The zero-order chi connectivity index (χ0) is 11.4. The molecule has 0 aliphatic heterocycles. The average molecular weight is 279 g/mol. The van der Waals surface area contributed by atoms with Gasteiger partial charge in [-0.3, -0.25) is 4.98 Å². The molecule has 2 heterocycles. The number of ether oxygens (including phenoxy) is 1. The Hall–Kier alpha value is -1.42. The molecule has 4 heteroatoms. The fraction of sp³-hybridized carbons (Fsp3) is 0.167. The van der Waals surface area contributed by atoms with Gasteiger partial charge < -0.3 is 4.74 Å². The van der Waals surface area contributed by atoms with Crippen molar-refractivity contribution in [2.24, 2.45) is 0 Å². The lowest BCUT2D eigenvalue weighted by molar-refractivity contribution is 0.339. The van der Waals surface area contributed by atoms with Gasteiger partial charge >= 0.3 is 0 Å². The van der Waals surface area contributed by atoms with Gasteiger partial charge in [-0.05, 0) is 41.1 Å². The second-order valence-electron chi connectivity index (χ2n) is 3.19. The number of hydrogen-bond donors (Lipinski definition) is 0. The van der Waals surface area contributed by atoms with Crippen molar-refractivity contribution in [3.63, 3.8) is 0 Å². The molecule has 0 saturated carbocycles. The highest BCUT2D eigenvalue weighted by molar-refractivity contribution is 9.10. The van der Waals surface area contributed by atoms with Gasteiger partial charge in [0, 0.05) is 11.8 Å². The maximum absolute atomic E-state index is 5.40. The molecule has 0 spiro atoms. The van der Waals surface area contributed by atoms with Crippen LogP contribution in [0.1, 0.15) is 6.92 Å². The quantitative estimate of drug-likeness (QED) is 0.808. The number of nitrogens with zero attached hydrogens (tertiary/aromatic N) is 2. The Morgan fingerprint density at radius 1 is 1.31 bits per heavy atom. The monoisotopic (exact) mass is 278 g/mol. The van der Waals surface area contributed by atoms with Crippen molar-refractivity contribution in [2.75, 3.05) is 6.61 Å². The Morgan fingerprint density at radius 3 is 2.94 bits per heavy atom. The molecule has 0 aromatic carbocycles. The molecular formula is C12H11BrN2O. The van der Waals surface area contributed by atoms with Crippen LogP contribution in [-0.4, -0.2) is 16.6 Å². The standard InChI is InChI=1S/C12H11BrN2O/c1-2-16-10-6-9(7-14-8-10)11-4-3-5-12(13)15-11/h3-8H,2H2,1H3. The van der Waals surface area contributed by atoms with Gasteiger partial charge in [0.2, 0.25) is 0 Å². The molecule has 0 N–H and O–H groups in total. The van der Waals surface area contributed by atoms with E-state index in [4.69, 9.17) is 4.74 Å². The van der Waals surface area contributed by atoms with Crippen molar-refractivity contribution >= 4 is 15.9 Å². The lowest BCUT2D eigenvalue weighted by atomic mass is 10.2. The van der Waals surface area contributed by atoms with Crippen LogP contribution in [0.3, 0.4) is 0 Å². The summed E-state index contributed by atoms with van der Waals surface area (Å²) in [5.74, 6) is 0.766. The summed E-state index contributed by atoms with van der Waals surface area (Å²) in [5, 5.41) is 0. The van der Waals surface area contributed by atoms with Crippen LogP contribution in [0.2, 0.25) is 0 Å². The van der Waals surface area contributed by atoms with Crippen LogP contribution in [-0.2, 0) is 0 Å². The largest absolute Gasteiger partial charge is 0.492 e. The lowest BCUT2D eigenvalue weighted by Crippen LogP contribution is -1.93. The van der Waals surface area contributed by atoms with Crippen LogP contribution in [0.4, 0.5) is 0 Å². The maximum Gasteiger partial charge on any atom is 0.138 e. The van der Waals surface area contributed by atoms with Gasteiger partial charge in [0.1, 0.15) is 10.4 Å². The van der Waals surface area contributed by atoms with Crippen LogP contribution in [0.25, 0.3) is 11.3 Å². The minimum Gasteiger partial charge on any atom is -0.492 e. The van der Waals surface area contributed by atoms with Gasteiger partial charge in [-0.1, -0.05) is 6.07 Å². The molecule has 0 atom stereocenters. The van der Waals surface area contributed by atoms with E-state index in [0.29, 0.717) is 6.61 Å². The van der Waals surface area contributed by atoms with E-state index in [1.165, 1.54) is 0 Å². The van der Waals surface area contributed by atoms with Crippen LogP contribution >= 0.6 is 15.9 Å². The summed E-state index contributed by atoms with van der Waals surface area (Å²) in [6.45, 7) is 2.58. The van der Waals surface area contributed by atoms with Crippen LogP contribution in [0.15, 0.2) is 41.3 Å². The molecule has 3 nitrogen and oxygen atoms in total. The third-order valence-electron chi connectivity index (χ3n) is 2.04. The van der Waals surface area contributed by atoms with E-state index in [1.54, 1.807) is 12.4 Å². The van der Waals surface area contributed by atoms with E-state index in [-0.39, 0.29) is 0 Å². The Bertz CT molecular complexity index is 488. The van der Waals surface area contributed by atoms with Gasteiger partial charge in [0.25, 0.3) is 0 Å². The Labute approximate surface area is 103 Å². The predicted octanol–water partition coefficient (Wildman–Crippen LogP) is 3.30. The molecule has 2 aromatic heterocycles. The minimum atomic E-state index is 0.636. The molecule has 0 aliphatic rings. The predicted molar refractivity (Wildman–Crippen MR) is 66.3 cm³/mol. The van der Waals surface area contributed by atoms with E-state index in [1.807, 2.05) is 31.2 Å². The summed E-state index contributed by atoms with van der Waals surface area (Å²) < 4.78 is 6.21. The van der Waals surface area contributed by atoms with Gasteiger partial charge in [-0.15, -0.1) is 0 Å². The van der Waals surface area contributed by atoms with Gasteiger partial charge in [-0.2, -0.15) is 0 Å². The first-order chi connectivity index (χ1) is 7.79. The molecule has 2 rings (SSSR count). The summed E-state index contributed by atoms with van der Waals surface area (Å²) in [5.41, 5.74) is 1.83. The summed E-state index contributed by atoms with van der Waals surface area (Å²) in [7, 11) is 0. The van der Waals surface area contributed by atoms with Gasteiger partial charge in [-0.25, -0.2) is 4.98 Å². The molecule has 0 amide bonds. The fourth-order valence-electron chi connectivity index (χ4n) is 1.37. The number of hydrogen-bond acceptors (Lipinski definition) is 3. The first-order valence-electron chi connectivity index (χ1n) is 5.00. The van der Waals surface area contributed by atoms with Crippen molar-refractivity contribution < 1.29 is 4.74 Å². The SMILES string of the molecule is CCOc1cncc(-c2cccc(Br)n2)c1. The highest BCUT2D eigenvalue weighted by Gasteiger charge is 2.02. The van der Waals surface area contributed by atoms with Gasteiger partial charge in [0.15, 0.2) is 0 Å². The Morgan fingerprint density at radius 2 is 2.19 bits per heavy atom. The molecule has 0 radical (unpaired) electrons. The fourth-order valence-corrected chi connectivity index (χ4v) is 1.72. The minimum absolute atomic E-state index is 0.636. The second kappa shape index (κ2) is 5.07. The highest BCUT2D eigenvalue weighted by Crippen LogP contribution is 2.22. The summed E-state index contributed by atoms with van der Waals surface area (Å²) in [4.78, 5) is 8.49. The third kappa shape index (κ3) is 2.58. The Kier molecular flexibility index (Phi) is 3.51. The van der Waals surface area contributed by atoms with Crippen LogP contribution in [0.5, 0.6) is 5.75 Å². The van der Waals surface area contributed by atoms with Crippen LogP contribution in [0, 0.1) is 0 Å². The summed E-state index contributed by atoms with van der Waals surface area (Å²) in [6, 6.07) is 7.71. The highest BCUT2D eigenvalue weighted by atomic mass is 79.9. The van der Waals surface area contributed by atoms with E-state index in [9.17, 15) is 0 Å². The lowest BCUT2D eigenvalue weighted by Gasteiger charge is -2.05. The van der Waals surface area contributed by atoms with Crippen molar-refractivity contribution in [3.8, 4) is 17.0 Å². The normalized spacial score (nSPS) is 10.1. The number of aromatic nitrogens is 2. The molecule has 0 saturated heterocycles. The molecule has 0 unspecified atom stereocenters. The summed E-state index contributed by atoms with van der Waals surface area (Å²) in [6.07, 6.45) is 3.47. The van der Waals surface area contributed by atoms with Crippen molar-refractivity contribution in [2.45, 2.75) is 6.92 Å². The molecule has 2 aromatic rings.